The Labute approximate surface area is 149 Å². The van der Waals surface area contributed by atoms with Crippen LogP contribution < -0.4 is 20.1 Å². The predicted molar refractivity (Wildman–Crippen MR) is 99.2 cm³/mol. The first kappa shape index (κ1) is 18.6. The van der Waals surface area contributed by atoms with Crippen molar-refractivity contribution in [1.82, 2.24) is 10.6 Å². The molecule has 0 fully saturated rings. The van der Waals surface area contributed by atoms with Gasteiger partial charge in [0.05, 0.1) is 19.7 Å². The maximum atomic E-state index is 12.1. The molecular formula is C20H26N2O3. The van der Waals surface area contributed by atoms with E-state index in [9.17, 15) is 4.79 Å². The van der Waals surface area contributed by atoms with E-state index in [1.165, 1.54) is 5.56 Å². The van der Waals surface area contributed by atoms with E-state index in [0.29, 0.717) is 13.2 Å². The summed E-state index contributed by atoms with van der Waals surface area (Å²) in [6.07, 6.45) is 0.805. The number of rotatable bonds is 8. The Kier molecular flexibility index (Phi) is 7.14. The minimum atomic E-state index is -0.199. The molecule has 0 aromatic heterocycles. The van der Waals surface area contributed by atoms with E-state index < -0.39 is 0 Å². The van der Waals surface area contributed by atoms with Crippen molar-refractivity contribution in [2.75, 3.05) is 20.3 Å². The number of carbonyl (C=O) groups is 1. The molecule has 2 aromatic carbocycles. The Bertz CT molecular complexity index is 654. The summed E-state index contributed by atoms with van der Waals surface area (Å²) in [5.41, 5.74) is 2.24. The van der Waals surface area contributed by atoms with Crippen LogP contribution in [0.2, 0.25) is 0 Å². The number of amides is 2. The van der Waals surface area contributed by atoms with Gasteiger partial charge in [-0.15, -0.1) is 0 Å². The Morgan fingerprint density at radius 3 is 2.28 bits per heavy atom. The van der Waals surface area contributed by atoms with Gasteiger partial charge in [0.1, 0.15) is 18.1 Å². The molecule has 2 N–H and O–H groups in total. The van der Waals surface area contributed by atoms with Gasteiger partial charge in [-0.3, -0.25) is 0 Å². The molecule has 0 spiro atoms. The van der Waals surface area contributed by atoms with E-state index in [1.807, 2.05) is 62.4 Å². The van der Waals surface area contributed by atoms with Crippen LogP contribution >= 0.6 is 0 Å². The summed E-state index contributed by atoms with van der Waals surface area (Å²) in [6, 6.07) is 15.3. The molecular weight excluding hydrogens is 316 g/mol. The fourth-order valence-corrected chi connectivity index (χ4v) is 2.43. The first-order valence-electron chi connectivity index (χ1n) is 8.50. The second-order valence-electron chi connectivity index (χ2n) is 5.80. The Hall–Kier alpha value is -2.69. The van der Waals surface area contributed by atoms with E-state index in [4.69, 9.17) is 9.47 Å². The van der Waals surface area contributed by atoms with E-state index >= 15 is 0 Å². The summed E-state index contributed by atoms with van der Waals surface area (Å²) in [6.45, 7) is 4.94. The summed E-state index contributed by atoms with van der Waals surface area (Å²) in [5, 5.41) is 5.80. The van der Waals surface area contributed by atoms with Crippen molar-refractivity contribution in [3.05, 3.63) is 59.7 Å². The lowest BCUT2D eigenvalue weighted by Gasteiger charge is -2.18. The lowest BCUT2D eigenvalue weighted by Crippen LogP contribution is -2.39. The second-order valence-corrected chi connectivity index (χ2v) is 5.80. The smallest absolute Gasteiger partial charge is 0.315 e. The van der Waals surface area contributed by atoms with Crippen LogP contribution in [0.1, 0.15) is 30.5 Å². The van der Waals surface area contributed by atoms with Gasteiger partial charge in [0.15, 0.2) is 0 Å². The number of hydrogen-bond acceptors (Lipinski definition) is 3. The van der Waals surface area contributed by atoms with Crippen molar-refractivity contribution >= 4 is 6.03 Å². The van der Waals surface area contributed by atoms with Crippen molar-refractivity contribution < 1.29 is 14.3 Å². The third-order valence-electron chi connectivity index (χ3n) is 3.91. The molecule has 2 amide bonds. The van der Waals surface area contributed by atoms with E-state index in [0.717, 1.165) is 23.5 Å². The molecule has 0 aliphatic carbocycles. The molecule has 0 heterocycles. The van der Waals surface area contributed by atoms with E-state index in [1.54, 1.807) is 7.11 Å². The highest BCUT2D eigenvalue weighted by molar-refractivity contribution is 5.74. The quantitative estimate of drug-likeness (QED) is 0.717. The van der Waals surface area contributed by atoms with Gasteiger partial charge < -0.3 is 20.1 Å². The molecule has 0 aliphatic rings. The summed E-state index contributed by atoms with van der Waals surface area (Å²) in [7, 11) is 1.64. The first-order valence-corrected chi connectivity index (χ1v) is 8.50. The normalized spacial score (nSPS) is 11.5. The van der Waals surface area contributed by atoms with Gasteiger partial charge in [-0.2, -0.15) is 0 Å². The minimum absolute atomic E-state index is 0.0380. The van der Waals surface area contributed by atoms with Crippen molar-refractivity contribution in [3.8, 4) is 11.5 Å². The van der Waals surface area contributed by atoms with Gasteiger partial charge in [-0.05, 0) is 43.2 Å². The lowest BCUT2D eigenvalue weighted by molar-refractivity contribution is 0.232. The van der Waals surface area contributed by atoms with Crippen molar-refractivity contribution in [1.29, 1.82) is 0 Å². The van der Waals surface area contributed by atoms with Gasteiger partial charge in [0, 0.05) is 0 Å². The zero-order valence-corrected chi connectivity index (χ0v) is 15.0. The number of urea groups is 1. The van der Waals surface area contributed by atoms with Crippen LogP contribution in [0, 0.1) is 6.92 Å². The molecule has 2 aromatic rings. The number of nitrogens with one attached hydrogen (secondary N) is 2. The van der Waals surface area contributed by atoms with Gasteiger partial charge in [0.25, 0.3) is 0 Å². The van der Waals surface area contributed by atoms with Crippen LogP contribution in [-0.4, -0.2) is 26.3 Å². The van der Waals surface area contributed by atoms with Gasteiger partial charge >= 0.3 is 6.03 Å². The van der Waals surface area contributed by atoms with Crippen LogP contribution in [0.25, 0.3) is 0 Å². The first-order chi connectivity index (χ1) is 12.1. The number of benzene rings is 2. The van der Waals surface area contributed by atoms with Gasteiger partial charge in [-0.25, -0.2) is 4.79 Å². The van der Waals surface area contributed by atoms with Crippen LogP contribution in [0.3, 0.4) is 0 Å². The molecule has 1 unspecified atom stereocenters. The Morgan fingerprint density at radius 2 is 1.68 bits per heavy atom. The molecule has 0 radical (unpaired) electrons. The van der Waals surface area contributed by atoms with Crippen LogP contribution in [0.15, 0.2) is 48.5 Å². The number of carbonyl (C=O) groups excluding carboxylic acids is 1. The fraction of sp³-hybridized carbons (Fsp3) is 0.350. The van der Waals surface area contributed by atoms with Crippen molar-refractivity contribution in [2.24, 2.45) is 0 Å². The number of methoxy groups -OCH3 is 1. The van der Waals surface area contributed by atoms with Crippen LogP contribution in [0.4, 0.5) is 4.79 Å². The molecule has 25 heavy (non-hydrogen) atoms. The van der Waals surface area contributed by atoms with Crippen molar-refractivity contribution in [3.63, 3.8) is 0 Å². The molecule has 5 nitrogen and oxygen atoms in total. The summed E-state index contributed by atoms with van der Waals surface area (Å²) < 4.78 is 10.8. The molecule has 1 atom stereocenters. The third kappa shape index (κ3) is 6.03. The zero-order valence-electron chi connectivity index (χ0n) is 15.0. The molecule has 0 saturated carbocycles. The number of aryl methyl sites for hydroxylation is 1. The molecule has 5 heteroatoms. The molecule has 2 rings (SSSR count). The topological polar surface area (TPSA) is 59.6 Å². The van der Waals surface area contributed by atoms with Gasteiger partial charge in [0.2, 0.25) is 0 Å². The standard InChI is InChI=1S/C20H26N2O3/c1-4-19(16-7-11-17(24-3)12-8-16)22-20(23)21-13-14-25-18-9-5-15(2)6-10-18/h5-12,19H,4,13-14H2,1-3H3,(H2,21,22,23). The lowest BCUT2D eigenvalue weighted by atomic mass is 10.0. The minimum Gasteiger partial charge on any atom is -0.497 e. The maximum Gasteiger partial charge on any atom is 0.315 e. The number of hydrogen-bond donors (Lipinski definition) is 2. The summed E-state index contributed by atoms with van der Waals surface area (Å²) >= 11 is 0. The predicted octanol–water partition coefficient (Wildman–Crippen LogP) is 3.83. The SMILES string of the molecule is CCC(NC(=O)NCCOc1ccc(C)cc1)c1ccc(OC)cc1. The molecule has 0 saturated heterocycles. The molecule has 134 valence electrons. The highest BCUT2D eigenvalue weighted by Crippen LogP contribution is 2.19. The molecule has 0 aliphatic heterocycles. The summed E-state index contributed by atoms with van der Waals surface area (Å²) in [4.78, 5) is 12.1. The summed E-state index contributed by atoms with van der Waals surface area (Å²) in [5.74, 6) is 1.61. The zero-order chi connectivity index (χ0) is 18.1. The molecule has 0 bridgehead atoms. The van der Waals surface area contributed by atoms with Gasteiger partial charge in [-0.1, -0.05) is 36.8 Å². The maximum absolute atomic E-state index is 12.1. The average Bonchev–Trinajstić information content (AvgIpc) is 2.65. The monoisotopic (exact) mass is 342 g/mol. The van der Waals surface area contributed by atoms with E-state index in [-0.39, 0.29) is 12.1 Å². The Morgan fingerprint density at radius 1 is 1.04 bits per heavy atom. The average molecular weight is 342 g/mol. The Balaban J connectivity index is 1.74. The highest BCUT2D eigenvalue weighted by Gasteiger charge is 2.12. The largest absolute Gasteiger partial charge is 0.497 e. The third-order valence-corrected chi connectivity index (χ3v) is 3.91. The van der Waals surface area contributed by atoms with E-state index in [2.05, 4.69) is 10.6 Å². The fourth-order valence-electron chi connectivity index (χ4n) is 2.43. The second kappa shape index (κ2) is 9.57. The van der Waals surface area contributed by atoms with Crippen LogP contribution in [-0.2, 0) is 0 Å². The number of ether oxygens (including phenoxy) is 2. The van der Waals surface area contributed by atoms with Crippen LogP contribution in [0.5, 0.6) is 11.5 Å². The highest BCUT2D eigenvalue weighted by atomic mass is 16.5. The van der Waals surface area contributed by atoms with Crippen molar-refractivity contribution in [2.45, 2.75) is 26.3 Å².